The summed E-state index contributed by atoms with van der Waals surface area (Å²) < 4.78 is 0. The third kappa shape index (κ3) is 4.00. The maximum Gasteiger partial charge on any atom is 0.257 e. The Balaban J connectivity index is 2.79. The number of pyridine rings is 1. The lowest BCUT2D eigenvalue weighted by Gasteiger charge is -2.24. The van der Waals surface area contributed by atoms with Gasteiger partial charge in [0.1, 0.15) is 5.75 Å². The van der Waals surface area contributed by atoms with E-state index in [4.69, 9.17) is 0 Å². The normalized spacial score (nSPS) is 10.7. The predicted octanol–water partition coefficient (Wildman–Crippen LogP) is 1.20. The minimum absolute atomic E-state index is 0.0616. The van der Waals surface area contributed by atoms with Gasteiger partial charge in [0.15, 0.2) is 0 Å². The lowest BCUT2D eigenvalue weighted by atomic mass is 10.2. The first kappa shape index (κ1) is 14.4. The second-order valence-electron chi connectivity index (χ2n) is 4.49. The molecule has 5 nitrogen and oxygen atoms in total. The molecule has 0 aliphatic heterocycles. The molecule has 0 unspecified atom stereocenters. The fourth-order valence-electron chi connectivity index (χ4n) is 1.64. The van der Waals surface area contributed by atoms with Crippen LogP contribution < -0.4 is 0 Å². The number of nitrogens with zero attached hydrogens (tertiary/aromatic N) is 3. The first-order valence-electron chi connectivity index (χ1n) is 6.13. The molecule has 0 aliphatic carbocycles. The zero-order valence-corrected chi connectivity index (χ0v) is 11.3. The standard InChI is InChI=1S/C13H21N3O2/c1-4-7-16(9-8-15(2)3)13(18)11-5-6-14-10-12(11)17/h5-6,10,17H,4,7-9H2,1-3H3. The fourth-order valence-corrected chi connectivity index (χ4v) is 1.64. The van der Waals surface area contributed by atoms with Crippen molar-refractivity contribution >= 4 is 5.91 Å². The summed E-state index contributed by atoms with van der Waals surface area (Å²) in [7, 11) is 3.94. The SMILES string of the molecule is CCCN(CCN(C)C)C(=O)c1ccncc1O. The fraction of sp³-hybridized carbons (Fsp3) is 0.538. The van der Waals surface area contributed by atoms with Gasteiger partial charge >= 0.3 is 0 Å². The van der Waals surface area contributed by atoms with Crippen molar-refractivity contribution in [3.05, 3.63) is 24.0 Å². The largest absolute Gasteiger partial charge is 0.505 e. The van der Waals surface area contributed by atoms with E-state index in [1.165, 1.54) is 12.4 Å². The smallest absolute Gasteiger partial charge is 0.257 e. The molecule has 0 spiro atoms. The van der Waals surface area contributed by atoms with E-state index in [9.17, 15) is 9.90 Å². The van der Waals surface area contributed by atoms with E-state index < -0.39 is 0 Å². The molecule has 1 amide bonds. The van der Waals surface area contributed by atoms with Crippen molar-refractivity contribution < 1.29 is 9.90 Å². The Morgan fingerprint density at radius 3 is 2.61 bits per heavy atom. The Kier molecular flexibility index (Phi) is 5.58. The lowest BCUT2D eigenvalue weighted by Crippen LogP contribution is -2.37. The molecule has 0 aromatic carbocycles. The van der Waals surface area contributed by atoms with Gasteiger partial charge in [-0.2, -0.15) is 0 Å². The van der Waals surface area contributed by atoms with E-state index in [2.05, 4.69) is 4.98 Å². The second-order valence-corrected chi connectivity index (χ2v) is 4.49. The molecule has 0 bridgehead atoms. The van der Waals surface area contributed by atoms with Gasteiger partial charge in [0.05, 0.1) is 11.8 Å². The van der Waals surface area contributed by atoms with Crippen molar-refractivity contribution in [1.82, 2.24) is 14.8 Å². The molecule has 1 rings (SSSR count). The van der Waals surface area contributed by atoms with Gasteiger partial charge in [0, 0.05) is 25.8 Å². The Morgan fingerprint density at radius 2 is 2.06 bits per heavy atom. The van der Waals surface area contributed by atoms with Crippen LogP contribution in [0.15, 0.2) is 18.5 Å². The van der Waals surface area contributed by atoms with Crippen LogP contribution in [-0.2, 0) is 0 Å². The summed E-state index contributed by atoms with van der Waals surface area (Å²) in [6, 6.07) is 1.55. The quantitative estimate of drug-likeness (QED) is 0.825. The molecule has 1 heterocycles. The molecule has 1 N–H and O–H groups in total. The van der Waals surface area contributed by atoms with Crippen molar-refractivity contribution in [1.29, 1.82) is 0 Å². The van der Waals surface area contributed by atoms with Crippen LogP contribution in [-0.4, -0.2) is 59.5 Å². The Bertz CT molecular complexity index is 394. The van der Waals surface area contributed by atoms with Crippen LogP contribution >= 0.6 is 0 Å². The summed E-state index contributed by atoms with van der Waals surface area (Å²) in [6.07, 6.45) is 3.71. The van der Waals surface area contributed by atoms with Gasteiger partial charge in [-0.15, -0.1) is 0 Å². The maximum atomic E-state index is 12.3. The number of amides is 1. The molecular weight excluding hydrogens is 230 g/mol. The van der Waals surface area contributed by atoms with Gasteiger partial charge in [0.2, 0.25) is 0 Å². The number of hydrogen-bond donors (Lipinski definition) is 1. The van der Waals surface area contributed by atoms with Gasteiger partial charge in [-0.3, -0.25) is 9.78 Å². The third-order valence-corrected chi connectivity index (χ3v) is 2.63. The highest BCUT2D eigenvalue weighted by Crippen LogP contribution is 2.16. The van der Waals surface area contributed by atoms with E-state index in [0.717, 1.165) is 13.0 Å². The van der Waals surface area contributed by atoms with Crippen LogP contribution in [0.2, 0.25) is 0 Å². The van der Waals surface area contributed by atoms with Crippen molar-refractivity contribution in [2.75, 3.05) is 33.7 Å². The van der Waals surface area contributed by atoms with Gasteiger partial charge < -0.3 is 14.9 Å². The zero-order valence-electron chi connectivity index (χ0n) is 11.3. The third-order valence-electron chi connectivity index (χ3n) is 2.63. The number of aromatic hydroxyl groups is 1. The summed E-state index contributed by atoms with van der Waals surface area (Å²) in [5.74, 6) is -0.202. The van der Waals surface area contributed by atoms with Gasteiger partial charge in [-0.1, -0.05) is 6.92 Å². The Hall–Kier alpha value is -1.62. The Morgan fingerprint density at radius 1 is 1.33 bits per heavy atom. The number of rotatable bonds is 6. The summed E-state index contributed by atoms with van der Waals surface area (Å²) >= 11 is 0. The van der Waals surface area contributed by atoms with Crippen LogP contribution in [0.3, 0.4) is 0 Å². The lowest BCUT2D eigenvalue weighted by molar-refractivity contribution is 0.0742. The first-order chi connectivity index (χ1) is 8.56. The van der Waals surface area contributed by atoms with Crippen molar-refractivity contribution in [3.63, 3.8) is 0 Å². The molecule has 1 aromatic rings. The summed E-state index contributed by atoms with van der Waals surface area (Å²) in [4.78, 5) is 19.9. The van der Waals surface area contributed by atoms with Crippen molar-refractivity contribution in [3.8, 4) is 5.75 Å². The predicted molar refractivity (Wildman–Crippen MR) is 70.7 cm³/mol. The van der Waals surface area contributed by atoms with Gasteiger partial charge in [-0.05, 0) is 26.6 Å². The number of carbonyl (C=O) groups excluding carboxylic acids is 1. The van der Waals surface area contributed by atoms with E-state index in [1.54, 1.807) is 11.0 Å². The van der Waals surface area contributed by atoms with Crippen LogP contribution in [0.4, 0.5) is 0 Å². The topological polar surface area (TPSA) is 56.7 Å². The molecule has 0 fully saturated rings. The average molecular weight is 251 g/mol. The molecule has 1 aromatic heterocycles. The summed E-state index contributed by atoms with van der Waals surface area (Å²) in [5, 5.41) is 9.66. The molecule has 5 heteroatoms. The summed E-state index contributed by atoms with van der Waals surface area (Å²) in [5.41, 5.74) is 0.317. The zero-order chi connectivity index (χ0) is 13.5. The number of hydrogen-bond acceptors (Lipinski definition) is 4. The van der Waals surface area contributed by atoms with Crippen LogP contribution in [0.5, 0.6) is 5.75 Å². The monoisotopic (exact) mass is 251 g/mol. The van der Waals surface area contributed by atoms with E-state index in [0.29, 0.717) is 18.7 Å². The molecule has 0 saturated carbocycles. The molecule has 0 atom stereocenters. The molecule has 0 radical (unpaired) electrons. The van der Waals surface area contributed by atoms with Crippen LogP contribution in [0, 0.1) is 0 Å². The van der Waals surface area contributed by atoms with Gasteiger partial charge in [-0.25, -0.2) is 0 Å². The maximum absolute atomic E-state index is 12.3. The molecule has 18 heavy (non-hydrogen) atoms. The van der Waals surface area contributed by atoms with Gasteiger partial charge in [0.25, 0.3) is 5.91 Å². The summed E-state index contributed by atoms with van der Waals surface area (Å²) in [6.45, 7) is 4.18. The van der Waals surface area contributed by atoms with Crippen molar-refractivity contribution in [2.45, 2.75) is 13.3 Å². The first-order valence-corrected chi connectivity index (χ1v) is 6.13. The molecule has 100 valence electrons. The van der Waals surface area contributed by atoms with E-state index >= 15 is 0 Å². The van der Waals surface area contributed by atoms with Crippen molar-refractivity contribution in [2.24, 2.45) is 0 Å². The molecule has 0 aliphatic rings. The average Bonchev–Trinajstić information content (AvgIpc) is 2.34. The highest BCUT2D eigenvalue weighted by Gasteiger charge is 2.18. The number of carbonyl (C=O) groups is 1. The minimum atomic E-state index is -0.140. The van der Waals surface area contributed by atoms with Crippen LogP contribution in [0.25, 0.3) is 0 Å². The highest BCUT2D eigenvalue weighted by molar-refractivity contribution is 5.96. The van der Waals surface area contributed by atoms with Crippen LogP contribution in [0.1, 0.15) is 23.7 Å². The van der Waals surface area contributed by atoms with E-state index in [-0.39, 0.29) is 11.7 Å². The number of aromatic nitrogens is 1. The molecule has 0 saturated heterocycles. The number of likely N-dealkylation sites (N-methyl/N-ethyl adjacent to an activating group) is 1. The highest BCUT2D eigenvalue weighted by atomic mass is 16.3. The second kappa shape index (κ2) is 6.96. The molecular formula is C13H21N3O2. The Labute approximate surface area is 108 Å². The van der Waals surface area contributed by atoms with E-state index in [1.807, 2.05) is 25.9 Å². The minimum Gasteiger partial charge on any atom is -0.505 e.